The summed E-state index contributed by atoms with van der Waals surface area (Å²) in [6, 6.07) is 2.48. The molecule has 6 amide bonds. The van der Waals surface area contributed by atoms with Crippen LogP contribution < -0.4 is 31.3 Å². The SMILES string of the molecule is CC[C@H](C)[C@H](NC(=O)C(C)(C)N(C)C)C(=O)N(C)[C@H](C[C@@H](OC(C)=O)c1nc(C(=O)N[C@@H](Cc2ccc3c(c2)NC(=O)CCCCC(=O)CCOCCNC(=O)C2SCSC2C(=O)NCCOCCC(=O)O3)CC(C)C(=O)O)cs1)C(C)C. The number of benzene rings is 1. The van der Waals surface area contributed by atoms with Crippen molar-refractivity contribution >= 4 is 99.7 Å². The normalized spacial score (nSPS) is 20.1. The molecule has 2 aliphatic rings. The van der Waals surface area contributed by atoms with Crippen LogP contribution in [0.15, 0.2) is 23.6 Å². The molecular weight excluding hydrogens is 1130 g/mol. The molecule has 1 aromatic carbocycles. The Morgan fingerprint density at radius 1 is 0.855 bits per heavy atom. The van der Waals surface area contributed by atoms with Crippen molar-refractivity contribution in [1.82, 2.24) is 36.1 Å². The second-order valence-electron chi connectivity index (χ2n) is 22.0. The van der Waals surface area contributed by atoms with Gasteiger partial charge in [0.2, 0.25) is 29.5 Å². The van der Waals surface area contributed by atoms with E-state index in [2.05, 4.69) is 31.6 Å². The molecule has 0 saturated carbocycles. The zero-order valence-electron chi connectivity index (χ0n) is 49.8. The molecule has 23 nitrogen and oxygen atoms in total. The average molecular weight is 1220 g/mol. The first-order valence-corrected chi connectivity index (χ1v) is 31.2. The molecular formula is C57H86N8O15S3. The summed E-state index contributed by atoms with van der Waals surface area (Å²) < 4.78 is 22.7. The predicted molar refractivity (Wildman–Crippen MR) is 317 cm³/mol. The summed E-state index contributed by atoms with van der Waals surface area (Å²) in [7, 11) is 5.22. The zero-order valence-corrected chi connectivity index (χ0v) is 52.2. The number of nitrogens with one attached hydrogen (secondary N) is 5. The number of thioether (sulfide) groups is 2. The molecule has 462 valence electrons. The van der Waals surface area contributed by atoms with Gasteiger partial charge < -0.3 is 55.5 Å². The Kier molecular flexibility index (Phi) is 28.9. The van der Waals surface area contributed by atoms with Crippen LogP contribution in [0.2, 0.25) is 0 Å². The fourth-order valence-electron chi connectivity index (χ4n) is 8.92. The van der Waals surface area contributed by atoms with Gasteiger partial charge in [-0.1, -0.05) is 47.1 Å². The highest BCUT2D eigenvalue weighted by atomic mass is 32.2. The van der Waals surface area contributed by atoms with Gasteiger partial charge >= 0.3 is 17.9 Å². The first-order valence-electron chi connectivity index (χ1n) is 28.2. The van der Waals surface area contributed by atoms with Crippen molar-refractivity contribution in [3.05, 3.63) is 39.8 Å². The number of carboxylic acids is 1. The second-order valence-corrected chi connectivity index (χ2v) is 25.5. The van der Waals surface area contributed by atoms with E-state index < -0.39 is 75.9 Å². The lowest BCUT2D eigenvalue weighted by atomic mass is 9.92. The number of hydrogen-bond acceptors (Lipinski definition) is 19. The van der Waals surface area contributed by atoms with Crippen molar-refractivity contribution in [1.29, 1.82) is 0 Å². The second kappa shape index (κ2) is 34.3. The lowest BCUT2D eigenvalue weighted by molar-refractivity contribution is -0.149. The van der Waals surface area contributed by atoms with Crippen LogP contribution in [0.1, 0.15) is 140 Å². The van der Waals surface area contributed by atoms with E-state index in [9.17, 15) is 53.1 Å². The Morgan fingerprint density at radius 2 is 1.48 bits per heavy atom. The standard InChI is InChI=1S/C57H86N8O15S3/c1-12-34(4)47(63-56(76)57(7,8)64(9)10)54(73)65(11)42(33(2)3)30-44(79-36(6)66)53-62-41(31-81-53)50(70)60-38(27-35(5)55(74)75)28-37-17-18-43-40(29-37)61-45(68)16-14-13-15-39(67)19-23-77-25-21-58-51(71)48-49(83-32-82-48)52(72)59-22-26-78-24-20-46(69)80-43/h17-18,29,31,33-35,38,42,44,47-49H,12-16,19-28,30,32H2,1-11H3,(H,58,71)(H,59,72)(H,60,70)(H,61,68)(H,63,76)(H,74,75)/t34-,35?,38+,42+,44+,47-,48?,49?/m0/s1. The van der Waals surface area contributed by atoms with E-state index in [-0.39, 0.29) is 148 Å². The summed E-state index contributed by atoms with van der Waals surface area (Å²) in [5.74, 6) is -6.06. The van der Waals surface area contributed by atoms with Gasteiger partial charge in [-0.05, 0) is 83.2 Å². The summed E-state index contributed by atoms with van der Waals surface area (Å²) in [5, 5.41) is 25.5. The average Bonchev–Trinajstić information content (AvgIpc) is 4.37. The number of carbonyl (C=O) groups is 10. The molecule has 0 radical (unpaired) electrons. The van der Waals surface area contributed by atoms with E-state index in [1.165, 1.54) is 48.8 Å². The number of aromatic nitrogens is 1. The summed E-state index contributed by atoms with van der Waals surface area (Å²) in [4.78, 5) is 140. The van der Waals surface area contributed by atoms with Crippen LogP contribution in [0.3, 0.4) is 0 Å². The Balaban J connectivity index is 1.54. The number of fused-ring (bicyclic) bond motifs is 2. The highest BCUT2D eigenvalue weighted by Crippen LogP contribution is 2.37. The number of ether oxygens (including phenoxy) is 4. The van der Waals surface area contributed by atoms with E-state index in [1.54, 1.807) is 56.9 Å². The van der Waals surface area contributed by atoms with Crippen LogP contribution in [0.4, 0.5) is 5.69 Å². The number of thiazole rings is 1. The Hall–Kier alpha value is -5.67. The van der Waals surface area contributed by atoms with Crippen molar-refractivity contribution < 1.29 is 72.0 Å². The van der Waals surface area contributed by atoms with Crippen LogP contribution in [0.25, 0.3) is 0 Å². The van der Waals surface area contributed by atoms with Gasteiger partial charge in [0.25, 0.3) is 5.91 Å². The lowest BCUT2D eigenvalue weighted by Crippen LogP contribution is -2.60. The number of Topliss-reactive ketones (excluding diaryl/α,β-unsaturated/α-hetero) is 1. The maximum atomic E-state index is 14.4. The molecule has 0 aliphatic carbocycles. The molecule has 83 heavy (non-hydrogen) atoms. The number of anilines is 1. The molecule has 1 aromatic heterocycles. The lowest BCUT2D eigenvalue weighted by Gasteiger charge is -2.38. The van der Waals surface area contributed by atoms with Gasteiger partial charge in [-0.3, -0.25) is 52.8 Å². The van der Waals surface area contributed by atoms with Crippen molar-refractivity contribution in [2.45, 2.75) is 160 Å². The third kappa shape index (κ3) is 22.4. The molecule has 3 heterocycles. The van der Waals surface area contributed by atoms with E-state index >= 15 is 0 Å². The summed E-state index contributed by atoms with van der Waals surface area (Å²) in [6.45, 7) is 14.7. The van der Waals surface area contributed by atoms with Gasteiger partial charge in [0.15, 0.2) is 11.9 Å². The molecule has 2 aromatic rings. The Labute approximate surface area is 499 Å². The van der Waals surface area contributed by atoms with Gasteiger partial charge in [-0.15, -0.1) is 34.9 Å². The van der Waals surface area contributed by atoms with Gasteiger partial charge in [0, 0.05) is 75.3 Å². The van der Waals surface area contributed by atoms with E-state index in [0.717, 1.165) is 11.3 Å². The molecule has 6 N–H and O–H groups in total. The van der Waals surface area contributed by atoms with E-state index in [1.807, 2.05) is 27.7 Å². The number of hydrogen-bond donors (Lipinski definition) is 6. The molecule has 4 rings (SSSR count). The largest absolute Gasteiger partial charge is 0.481 e. The minimum atomic E-state index is -1.10. The highest BCUT2D eigenvalue weighted by molar-refractivity contribution is 8.20. The topological polar surface area (TPSA) is 307 Å². The van der Waals surface area contributed by atoms with Crippen molar-refractivity contribution in [2.75, 3.05) is 71.1 Å². The molecule has 3 unspecified atom stereocenters. The molecule has 26 heteroatoms. The fraction of sp³-hybridized carbons (Fsp3) is 0.667. The molecule has 0 spiro atoms. The van der Waals surface area contributed by atoms with Crippen LogP contribution in [-0.2, 0) is 63.8 Å². The summed E-state index contributed by atoms with van der Waals surface area (Å²) >= 11 is 3.82. The molecule has 1 saturated heterocycles. The van der Waals surface area contributed by atoms with Crippen molar-refractivity contribution in [2.24, 2.45) is 17.8 Å². The van der Waals surface area contributed by atoms with Crippen LogP contribution >= 0.6 is 34.9 Å². The van der Waals surface area contributed by atoms with Gasteiger partial charge in [0.05, 0.1) is 50.0 Å². The predicted octanol–water partition coefficient (Wildman–Crippen LogP) is 5.15. The van der Waals surface area contributed by atoms with Crippen LogP contribution in [-0.4, -0.2) is 179 Å². The number of aliphatic carboxylic acids is 1. The zero-order chi connectivity index (χ0) is 61.6. The first-order chi connectivity index (χ1) is 39.2. The number of amides is 6. The number of esters is 2. The van der Waals surface area contributed by atoms with E-state index in [0.29, 0.717) is 29.9 Å². The number of rotatable bonds is 19. The fourth-order valence-corrected chi connectivity index (χ4v) is 12.8. The summed E-state index contributed by atoms with van der Waals surface area (Å²) in [6.07, 6.45) is 0.716. The maximum absolute atomic E-state index is 14.4. The van der Waals surface area contributed by atoms with Crippen LogP contribution in [0.5, 0.6) is 5.75 Å². The molecule has 8 atom stereocenters. The first kappa shape index (κ1) is 69.8. The Morgan fingerprint density at radius 3 is 2.07 bits per heavy atom. The summed E-state index contributed by atoms with van der Waals surface area (Å²) in [5.41, 5.74) is -0.285. The van der Waals surface area contributed by atoms with E-state index in [4.69, 9.17) is 18.9 Å². The van der Waals surface area contributed by atoms with Crippen molar-refractivity contribution in [3.8, 4) is 5.75 Å². The third-order valence-corrected chi connectivity index (χ3v) is 18.6. The molecule has 2 aliphatic heterocycles. The quantitative estimate of drug-likeness (QED) is 0.0782. The molecule has 0 bridgehead atoms. The van der Waals surface area contributed by atoms with Gasteiger partial charge in [-0.2, -0.15) is 0 Å². The number of carbonyl (C=O) groups excluding carboxylic acids is 9. The number of likely N-dealkylation sites (N-methyl/N-ethyl adjacent to an activating group) is 2. The minimum absolute atomic E-state index is 0.00988. The van der Waals surface area contributed by atoms with Crippen molar-refractivity contribution in [3.63, 3.8) is 0 Å². The molecule has 1 fully saturated rings. The monoisotopic (exact) mass is 1220 g/mol. The van der Waals surface area contributed by atoms with Gasteiger partial charge in [0.1, 0.15) is 33.0 Å². The van der Waals surface area contributed by atoms with Crippen LogP contribution in [0, 0.1) is 17.8 Å². The highest BCUT2D eigenvalue weighted by Gasteiger charge is 2.41. The maximum Gasteiger partial charge on any atom is 0.313 e. The Bertz CT molecular complexity index is 2560. The number of carboxylic acid groups (broad SMARTS) is 1. The third-order valence-electron chi connectivity index (χ3n) is 14.7. The number of nitrogens with zero attached hydrogens (tertiary/aromatic N) is 3. The minimum Gasteiger partial charge on any atom is -0.481 e. The number of ketones is 1. The van der Waals surface area contributed by atoms with Gasteiger partial charge in [-0.25, -0.2) is 4.98 Å². The smallest absolute Gasteiger partial charge is 0.313 e.